The molecule has 0 bridgehead atoms. The molecule has 1 aliphatic heterocycles. The number of hydrogen-bond donors (Lipinski definition) is 3. The quantitative estimate of drug-likeness (QED) is 0.595. The van der Waals surface area contributed by atoms with Crippen LogP contribution in [-0.2, 0) is 19.1 Å². The van der Waals surface area contributed by atoms with Crippen LogP contribution in [0.3, 0.4) is 0 Å². The molecule has 4 rings (SSSR count). The topological polar surface area (TPSA) is 114 Å². The van der Waals surface area contributed by atoms with E-state index in [2.05, 4.69) is 22.8 Å². The van der Waals surface area contributed by atoms with Gasteiger partial charge >= 0.3 is 12.1 Å². The average molecular weight is 453 g/mol. The molecule has 0 radical (unpaired) electrons. The first-order valence-electron chi connectivity index (χ1n) is 11.1. The Morgan fingerprint density at radius 3 is 2.24 bits per heavy atom. The van der Waals surface area contributed by atoms with E-state index >= 15 is 0 Å². The molecule has 1 heterocycles. The van der Waals surface area contributed by atoms with Gasteiger partial charge in [0.2, 0.25) is 0 Å². The van der Waals surface area contributed by atoms with E-state index in [4.69, 9.17) is 9.47 Å². The van der Waals surface area contributed by atoms with Crippen molar-refractivity contribution >= 4 is 18.0 Å². The number of carboxylic acids is 1. The molecule has 3 atom stereocenters. The normalized spacial score (nSPS) is 20.1. The van der Waals surface area contributed by atoms with E-state index in [0.29, 0.717) is 6.42 Å². The largest absolute Gasteiger partial charge is 0.480 e. The number of rotatable bonds is 7. The second-order valence-electron chi connectivity index (χ2n) is 8.72. The van der Waals surface area contributed by atoms with Gasteiger partial charge in [-0.2, -0.15) is 0 Å². The number of carbonyl (C=O) groups excluding carboxylic acids is 2. The Morgan fingerprint density at radius 1 is 1.06 bits per heavy atom. The number of amides is 2. The Balaban J connectivity index is 1.37. The van der Waals surface area contributed by atoms with Crippen LogP contribution in [0.5, 0.6) is 0 Å². The maximum Gasteiger partial charge on any atom is 0.407 e. The molecule has 1 saturated heterocycles. The monoisotopic (exact) mass is 452 g/mol. The van der Waals surface area contributed by atoms with Crippen molar-refractivity contribution in [2.75, 3.05) is 13.2 Å². The molecule has 33 heavy (non-hydrogen) atoms. The van der Waals surface area contributed by atoms with Gasteiger partial charge in [-0.3, -0.25) is 4.79 Å². The third-order valence-electron chi connectivity index (χ3n) is 6.23. The molecular weight excluding hydrogens is 424 g/mol. The Hall–Kier alpha value is -3.39. The first kappa shape index (κ1) is 22.8. The van der Waals surface area contributed by atoms with Crippen molar-refractivity contribution in [2.45, 2.75) is 44.4 Å². The summed E-state index contributed by atoms with van der Waals surface area (Å²) in [5.74, 6) is -2.03. The smallest absolute Gasteiger partial charge is 0.407 e. The minimum Gasteiger partial charge on any atom is -0.480 e. The van der Waals surface area contributed by atoms with E-state index in [1.165, 1.54) is 0 Å². The number of nitrogens with one attached hydrogen (secondary N) is 2. The summed E-state index contributed by atoms with van der Waals surface area (Å²) >= 11 is 0. The molecule has 8 nitrogen and oxygen atoms in total. The highest BCUT2D eigenvalue weighted by molar-refractivity contribution is 5.87. The number of carboxylic acid groups (broad SMARTS) is 1. The van der Waals surface area contributed by atoms with Crippen LogP contribution in [-0.4, -0.2) is 54.5 Å². The highest BCUT2D eigenvalue weighted by Gasteiger charge is 2.38. The van der Waals surface area contributed by atoms with Gasteiger partial charge in [-0.25, -0.2) is 9.59 Å². The van der Waals surface area contributed by atoms with Gasteiger partial charge in [-0.15, -0.1) is 0 Å². The summed E-state index contributed by atoms with van der Waals surface area (Å²) in [5, 5.41) is 14.5. The SMILES string of the molecule is CC(C)C(NC(=O)C1OCCC1NC(=O)OCC1c2ccccc2-c2ccccc21)C(=O)O. The van der Waals surface area contributed by atoms with E-state index in [-0.39, 0.29) is 25.0 Å². The van der Waals surface area contributed by atoms with E-state index < -0.39 is 36.2 Å². The van der Waals surface area contributed by atoms with E-state index in [1.807, 2.05) is 36.4 Å². The number of hydrogen-bond acceptors (Lipinski definition) is 5. The molecule has 174 valence electrons. The van der Waals surface area contributed by atoms with Crippen molar-refractivity contribution in [3.8, 4) is 11.1 Å². The zero-order chi connectivity index (χ0) is 23.5. The standard InChI is InChI=1S/C25H28N2O6/c1-14(2)21(24(29)30)27-23(28)22-20(11-12-32-22)26-25(31)33-13-19-17-9-5-3-7-15(17)16-8-4-6-10-18(16)19/h3-10,14,19-22H,11-13H2,1-2H3,(H,26,31)(H,27,28)(H,29,30). The van der Waals surface area contributed by atoms with E-state index in [0.717, 1.165) is 22.3 Å². The lowest BCUT2D eigenvalue weighted by molar-refractivity contribution is -0.145. The van der Waals surface area contributed by atoms with Gasteiger partial charge in [-0.1, -0.05) is 62.4 Å². The van der Waals surface area contributed by atoms with Crippen LogP contribution in [0.15, 0.2) is 48.5 Å². The lowest BCUT2D eigenvalue weighted by Crippen LogP contribution is -2.53. The number of ether oxygens (including phenoxy) is 2. The van der Waals surface area contributed by atoms with Crippen molar-refractivity contribution in [3.63, 3.8) is 0 Å². The summed E-state index contributed by atoms with van der Waals surface area (Å²) in [5.41, 5.74) is 4.50. The zero-order valence-electron chi connectivity index (χ0n) is 18.6. The van der Waals surface area contributed by atoms with Crippen molar-refractivity contribution < 1.29 is 29.0 Å². The Labute approximate surface area is 192 Å². The Morgan fingerprint density at radius 2 is 1.67 bits per heavy atom. The maximum absolute atomic E-state index is 12.6. The van der Waals surface area contributed by atoms with Crippen LogP contribution in [0.4, 0.5) is 4.79 Å². The minimum atomic E-state index is -1.11. The second-order valence-corrected chi connectivity index (χ2v) is 8.72. The first-order valence-corrected chi connectivity index (χ1v) is 11.1. The fourth-order valence-electron chi connectivity index (χ4n) is 4.54. The zero-order valence-corrected chi connectivity index (χ0v) is 18.6. The summed E-state index contributed by atoms with van der Waals surface area (Å²) < 4.78 is 11.0. The third-order valence-corrected chi connectivity index (χ3v) is 6.23. The van der Waals surface area contributed by atoms with Crippen LogP contribution >= 0.6 is 0 Å². The molecule has 0 aromatic heterocycles. The highest BCUT2D eigenvalue weighted by atomic mass is 16.6. The van der Waals surface area contributed by atoms with E-state index in [1.54, 1.807) is 13.8 Å². The van der Waals surface area contributed by atoms with Gasteiger partial charge in [0.25, 0.3) is 5.91 Å². The predicted octanol–water partition coefficient (Wildman–Crippen LogP) is 2.91. The predicted molar refractivity (Wildman–Crippen MR) is 121 cm³/mol. The average Bonchev–Trinajstić information content (AvgIpc) is 3.38. The Bertz CT molecular complexity index is 1010. The summed E-state index contributed by atoms with van der Waals surface area (Å²) in [6, 6.07) is 14.5. The third kappa shape index (κ3) is 4.71. The van der Waals surface area contributed by atoms with Gasteiger partial charge in [-0.05, 0) is 34.6 Å². The summed E-state index contributed by atoms with van der Waals surface area (Å²) in [7, 11) is 0. The second kappa shape index (κ2) is 9.62. The van der Waals surface area contributed by atoms with Crippen molar-refractivity contribution in [1.82, 2.24) is 10.6 Å². The Kier molecular flexibility index (Phi) is 6.65. The molecule has 3 N–H and O–H groups in total. The van der Waals surface area contributed by atoms with Gasteiger partial charge in [0.1, 0.15) is 12.6 Å². The number of alkyl carbamates (subject to hydrolysis) is 1. The molecule has 8 heteroatoms. The van der Waals surface area contributed by atoms with Crippen LogP contribution in [0, 0.1) is 5.92 Å². The molecule has 1 aliphatic carbocycles. The number of benzene rings is 2. The molecule has 2 amide bonds. The summed E-state index contributed by atoms with van der Waals surface area (Å²) in [6.07, 6.45) is -1.17. The molecule has 0 saturated carbocycles. The molecule has 0 spiro atoms. The van der Waals surface area contributed by atoms with E-state index in [9.17, 15) is 19.5 Å². The minimum absolute atomic E-state index is 0.0653. The van der Waals surface area contributed by atoms with Crippen molar-refractivity contribution in [1.29, 1.82) is 0 Å². The highest BCUT2D eigenvalue weighted by Crippen LogP contribution is 2.44. The van der Waals surface area contributed by atoms with Gasteiger partial charge in [0.05, 0.1) is 6.04 Å². The van der Waals surface area contributed by atoms with Crippen molar-refractivity contribution in [2.24, 2.45) is 5.92 Å². The molecule has 1 fully saturated rings. The van der Waals surface area contributed by atoms with Gasteiger partial charge in [0, 0.05) is 12.5 Å². The summed E-state index contributed by atoms with van der Waals surface area (Å²) in [4.78, 5) is 36.6. The van der Waals surface area contributed by atoms with Crippen LogP contribution in [0.1, 0.15) is 37.3 Å². The van der Waals surface area contributed by atoms with Crippen LogP contribution in [0.2, 0.25) is 0 Å². The van der Waals surface area contributed by atoms with Gasteiger partial charge < -0.3 is 25.2 Å². The summed E-state index contributed by atoms with van der Waals surface area (Å²) in [6.45, 7) is 3.87. The number of fused-ring (bicyclic) bond motifs is 3. The molecule has 2 aromatic rings. The first-order chi connectivity index (χ1) is 15.9. The van der Waals surface area contributed by atoms with Crippen molar-refractivity contribution in [3.05, 3.63) is 59.7 Å². The van der Waals surface area contributed by atoms with Gasteiger partial charge in [0.15, 0.2) is 6.10 Å². The lowest BCUT2D eigenvalue weighted by Gasteiger charge is -2.23. The molecule has 2 aliphatic rings. The number of aliphatic carboxylic acids is 1. The fraction of sp³-hybridized carbons (Fsp3) is 0.400. The fourth-order valence-corrected chi connectivity index (χ4v) is 4.54. The lowest BCUT2D eigenvalue weighted by atomic mass is 9.98. The molecule has 2 aromatic carbocycles. The molecule has 3 unspecified atom stereocenters. The van der Waals surface area contributed by atoms with Crippen LogP contribution < -0.4 is 10.6 Å². The maximum atomic E-state index is 12.6. The van der Waals surface area contributed by atoms with Crippen LogP contribution in [0.25, 0.3) is 11.1 Å². The number of carbonyl (C=O) groups is 3. The molecular formula is C25H28N2O6.